The molecule has 0 amide bonds. The lowest BCUT2D eigenvalue weighted by molar-refractivity contribution is 0.333. The Labute approximate surface area is 120 Å². The highest BCUT2D eigenvalue weighted by molar-refractivity contribution is 7.89. The zero-order chi connectivity index (χ0) is 14.6. The fourth-order valence-corrected chi connectivity index (χ4v) is 4.75. The number of rotatable bonds is 7. The molecule has 0 atom stereocenters. The van der Waals surface area contributed by atoms with Gasteiger partial charge in [-0.2, -0.15) is 4.31 Å². The Bertz CT molecular complexity index is 482. The molecule has 0 fully saturated rings. The van der Waals surface area contributed by atoms with E-state index >= 15 is 0 Å². The van der Waals surface area contributed by atoms with E-state index in [9.17, 15) is 8.42 Å². The van der Waals surface area contributed by atoms with Crippen LogP contribution in [0.1, 0.15) is 32.6 Å². The van der Waals surface area contributed by atoms with Crippen molar-refractivity contribution < 1.29 is 8.42 Å². The Morgan fingerprint density at radius 3 is 2.11 bits per heavy atom. The summed E-state index contributed by atoms with van der Waals surface area (Å²) in [5.41, 5.74) is 5.55. The van der Waals surface area contributed by atoms with Crippen LogP contribution in [0.5, 0.6) is 0 Å². The summed E-state index contributed by atoms with van der Waals surface area (Å²) in [5, 5.41) is 1.69. The van der Waals surface area contributed by atoms with Crippen LogP contribution >= 0.6 is 11.3 Å². The van der Waals surface area contributed by atoms with Crippen molar-refractivity contribution in [1.29, 1.82) is 0 Å². The lowest BCUT2D eigenvalue weighted by atomic mass is 10.2. The summed E-state index contributed by atoms with van der Waals surface area (Å²) in [6.45, 7) is 9.60. The first kappa shape index (κ1) is 16.6. The van der Waals surface area contributed by atoms with Gasteiger partial charge in [0.2, 0.25) is 10.0 Å². The molecule has 0 unspecified atom stereocenters. The number of nitrogens with zero attached hydrogens (tertiary/aromatic N) is 1. The third kappa shape index (κ3) is 4.56. The van der Waals surface area contributed by atoms with Gasteiger partial charge in [0.15, 0.2) is 0 Å². The van der Waals surface area contributed by atoms with Gasteiger partial charge in [0.25, 0.3) is 0 Å². The number of thiophene rings is 1. The molecule has 0 bridgehead atoms. The molecule has 19 heavy (non-hydrogen) atoms. The van der Waals surface area contributed by atoms with E-state index in [0.717, 1.165) is 4.88 Å². The molecule has 1 aromatic rings. The third-order valence-corrected chi connectivity index (χ3v) is 5.52. The molecule has 0 aliphatic carbocycles. The Hall–Kier alpha value is -0.430. The molecule has 1 rings (SSSR count). The van der Waals surface area contributed by atoms with E-state index in [4.69, 9.17) is 5.73 Å². The fourth-order valence-electron chi connectivity index (χ4n) is 1.84. The van der Waals surface area contributed by atoms with Gasteiger partial charge in [-0.05, 0) is 17.9 Å². The summed E-state index contributed by atoms with van der Waals surface area (Å²) in [4.78, 5) is 1.27. The predicted molar refractivity (Wildman–Crippen MR) is 80.6 cm³/mol. The Kier molecular flexibility index (Phi) is 5.98. The van der Waals surface area contributed by atoms with Gasteiger partial charge in [-0.25, -0.2) is 8.42 Å². The van der Waals surface area contributed by atoms with E-state index in [-0.39, 0.29) is 0 Å². The normalized spacial score (nSPS) is 12.8. The maximum absolute atomic E-state index is 12.6. The minimum Gasteiger partial charge on any atom is -0.326 e. The molecule has 0 aliphatic heterocycles. The van der Waals surface area contributed by atoms with Crippen molar-refractivity contribution in [2.45, 2.75) is 39.1 Å². The molecule has 0 radical (unpaired) electrons. The molecular weight excluding hydrogens is 280 g/mol. The molecule has 0 aliphatic rings. The summed E-state index contributed by atoms with van der Waals surface area (Å²) >= 11 is 1.40. The standard InChI is InChI=1S/C13H24N2O2S2/c1-10(2)7-15(8-11(3)4)19(16,17)13-5-12(6-14)18-9-13/h5,9-11H,6-8,14H2,1-4H3. The Morgan fingerprint density at radius 2 is 1.74 bits per heavy atom. The second kappa shape index (κ2) is 6.83. The van der Waals surface area contributed by atoms with Crippen molar-refractivity contribution in [1.82, 2.24) is 4.31 Å². The smallest absolute Gasteiger partial charge is 0.243 e. The first-order valence-corrected chi connectivity index (χ1v) is 8.87. The maximum atomic E-state index is 12.6. The van der Waals surface area contributed by atoms with E-state index in [1.807, 2.05) is 27.7 Å². The molecule has 110 valence electrons. The molecular formula is C13H24N2O2S2. The average Bonchev–Trinajstić information content (AvgIpc) is 2.75. The number of hydrogen-bond acceptors (Lipinski definition) is 4. The van der Waals surface area contributed by atoms with Crippen molar-refractivity contribution in [3.63, 3.8) is 0 Å². The van der Waals surface area contributed by atoms with Gasteiger partial charge in [-0.1, -0.05) is 27.7 Å². The molecule has 2 N–H and O–H groups in total. The first-order valence-electron chi connectivity index (χ1n) is 6.55. The second-order valence-electron chi connectivity index (χ2n) is 5.56. The molecule has 4 nitrogen and oxygen atoms in total. The fraction of sp³-hybridized carbons (Fsp3) is 0.692. The first-order chi connectivity index (χ1) is 8.77. The predicted octanol–water partition coefficient (Wildman–Crippen LogP) is 2.51. The molecule has 1 aromatic heterocycles. The highest BCUT2D eigenvalue weighted by Crippen LogP contribution is 2.23. The summed E-state index contributed by atoms with van der Waals surface area (Å²) in [6, 6.07) is 1.69. The molecule has 1 heterocycles. The van der Waals surface area contributed by atoms with Gasteiger partial charge in [-0.15, -0.1) is 11.3 Å². The number of nitrogens with two attached hydrogens (primary N) is 1. The Balaban J connectivity index is 3.03. The van der Waals surface area contributed by atoms with Gasteiger partial charge < -0.3 is 5.73 Å². The largest absolute Gasteiger partial charge is 0.326 e. The van der Waals surface area contributed by atoms with Gasteiger partial charge >= 0.3 is 0 Å². The van der Waals surface area contributed by atoms with Gasteiger partial charge in [0.1, 0.15) is 0 Å². The van der Waals surface area contributed by atoms with Gasteiger partial charge in [-0.3, -0.25) is 0 Å². The Morgan fingerprint density at radius 1 is 1.21 bits per heavy atom. The highest BCUT2D eigenvalue weighted by atomic mass is 32.2. The van der Waals surface area contributed by atoms with Crippen molar-refractivity contribution >= 4 is 21.4 Å². The average molecular weight is 304 g/mol. The van der Waals surface area contributed by atoms with Gasteiger partial charge in [0.05, 0.1) is 4.90 Å². The maximum Gasteiger partial charge on any atom is 0.243 e. The van der Waals surface area contributed by atoms with Crippen LogP contribution in [-0.4, -0.2) is 25.8 Å². The summed E-state index contributed by atoms with van der Waals surface area (Å²) in [7, 11) is -3.39. The summed E-state index contributed by atoms with van der Waals surface area (Å²) in [6.07, 6.45) is 0. The molecule has 6 heteroatoms. The van der Waals surface area contributed by atoms with Crippen LogP contribution in [0.3, 0.4) is 0 Å². The minimum absolute atomic E-state index is 0.307. The van der Waals surface area contributed by atoms with Gasteiger partial charge in [0, 0.05) is 29.9 Å². The monoisotopic (exact) mass is 304 g/mol. The summed E-state index contributed by atoms with van der Waals surface area (Å²) in [5.74, 6) is 0.613. The van der Waals surface area contributed by atoms with E-state index in [1.54, 1.807) is 15.8 Å². The van der Waals surface area contributed by atoms with E-state index < -0.39 is 10.0 Å². The zero-order valence-electron chi connectivity index (χ0n) is 12.1. The lowest BCUT2D eigenvalue weighted by Gasteiger charge is -2.25. The quantitative estimate of drug-likeness (QED) is 0.842. The topological polar surface area (TPSA) is 63.4 Å². The molecule has 0 aromatic carbocycles. The van der Waals surface area contributed by atoms with Crippen molar-refractivity contribution in [2.75, 3.05) is 13.1 Å². The molecule has 0 saturated heterocycles. The van der Waals surface area contributed by atoms with E-state index in [0.29, 0.717) is 36.4 Å². The third-order valence-electron chi connectivity index (χ3n) is 2.61. The summed E-state index contributed by atoms with van der Waals surface area (Å²) < 4.78 is 26.8. The van der Waals surface area contributed by atoms with E-state index in [2.05, 4.69) is 0 Å². The van der Waals surface area contributed by atoms with Crippen LogP contribution in [0.2, 0.25) is 0 Å². The zero-order valence-corrected chi connectivity index (χ0v) is 13.7. The number of hydrogen-bond donors (Lipinski definition) is 1. The SMILES string of the molecule is CC(C)CN(CC(C)C)S(=O)(=O)c1csc(CN)c1. The van der Waals surface area contributed by atoms with Crippen molar-refractivity contribution in [3.8, 4) is 0 Å². The van der Waals surface area contributed by atoms with Crippen LogP contribution in [0.4, 0.5) is 0 Å². The minimum atomic E-state index is -3.39. The van der Waals surface area contributed by atoms with Crippen LogP contribution in [0, 0.1) is 11.8 Å². The lowest BCUT2D eigenvalue weighted by Crippen LogP contribution is -2.36. The van der Waals surface area contributed by atoms with E-state index in [1.165, 1.54) is 11.3 Å². The molecule has 0 spiro atoms. The van der Waals surface area contributed by atoms with Crippen LogP contribution in [0.15, 0.2) is 16.3 Å². The number of sulfonamides is 1. The van der Waals surface area contributed by atoms with Crippen molar-refractivity contribution in [3.05, 3.63) is 16.3 Å². The molecule has 0 saturated carbocycles. The van der Waals surface area contributed by atoms with Crippen LogP contribution < -0.4 is 5.73 Å². The van der Waals surface area contributed by atoms with Crippen molar-refractivity contribution in [2.24, 2.45) is 17.6 Å². The van der Waals surface area contributed by atoms with Crippen LogP contribution in [0.25, 0.3) is 0 Å². The highest BCUT2D eigenvalue weighted by Gasteiger charge is 2.26. The second-order valence-corrected chi connectivity index (χ2v) is 8.50. The van der Waals surface area contributed by atoms with Crippen LogP contribution in [-0.2, 0) is 16.6 Å².